The van der Waals surface area contributed by atoms with Crippen molar-refractivity contribution in [1.82, 2.24) is 25.1 Å². The third kappa shape index (κ3) is 4.45. The Bertz CT molecular complexity index is 1640. The van der Waals surface area contributed by atoms with Crippen molar-refractivity contribution in [1.29, 1.82) is 0 Å². The van der Waals surface area contributed by atoms with E-state index in [2.05, 4.69) is 41.9 Å². The maximum Gasteiger partial charge on any atom is 0.261 e. The van der Waals surface area contributed by atoms with Crippen molar-refractivity contribution in [3.63, 3.8) is 0 Å². The van der Waals surface area contributed by atoms with Crippen LogP contribution in [-0.2, 0) is 6.42 Å². The number of aryl methyl sites for hydroxylation is 2. The number of carbonyl (C=O) groups excluding carboxylic acids is 1. The number of benzene rings is 3. The first kappa shape index (κ1) is 24.3. The second-order valence-electron chi connectivity index (χ2n) is 8.00. The van der Waals surface area contributed by atoms with Crippen LogP contribution in [0.5, 0.6) is 5.75 Å². The summed E-state index contributed by atoms with van der Waals surface area (Å²) in [7, 11) is 1.53. The molecule has 2 N–H and O–H groups in total. The number of nitrogens with one attached hydrogen (secondary N) is 2. The zero-order valence-corrected chi connectivity index (χ0v) is 22.8. The third-order valence-electron chi connectivity index (χ3n) is 5.72. The standard InChI is InChI=1S/C25H21BrN6O2S2/c1-4-19-29-30-25-32(19)31-23(36-25)15-10-9-13(2)18(12-15)27-24(35)28-22(33)17-11-14-7-5-6-8-16(14)20(26)21(17)34-3/h5-12H,4H2,1-3H3,(H2,27,28,33,35). The number of methoxy groups -OCH3 is 1. The summed E-state index contributed by atoms with van der Waals surface area (Å²) in [4.78, 5) is 13.9. The highest BCUT2D eigenvalue weighted by Crippen LogP contribution is 2.36. The summed E-state index contributed by atoms with van der Waals surface area (Å²) < 4.78 is 8.02. The highest BCUT2D eigenvalue weighted by molar-refractivity contribution is 9.10. The van der Waals surface area contributed by atoms with Gasteiger partial charge in [0.05, 0.1) is 17.1 Å². The molecule has 0 fully saturated rings. The van der Waals surface area contributed by atoms with Crippen molar-refractivity contribution in [3.05, 3.63) is 70.0 Å². The Morgan fingerprint density at radius 1 is 1.19 bits per heavy atom. The number of nitrogens with zero attached hydrogens (tertiary/aromatic N) is 4. The molecule has 2 heterocycles. The predicted octanol–water partition coefficient (Wildman–Crippen LogP) is 5.77. The van der Waals surface area contributed by atoms with Gasteiger partial charge in [0, 0.05) is 17.7 Å². The number of ether oxygens (including phenoxy) is 1. The molecular weight excluding hydrogens is 560 g/mol. The van der Waals surface area contributed by atoms with Crippen LogP contribution in [0.15, 0.2) is 53.0 Å². The Morgan fingerprint density at radius 3 is 2.78 bits per heavy atom. The average molecular weight is 582 g/mol. The van der Waals surface area contributed by atoms with E-state index >= 15 is 0 Å². The van der Waals surface area contributed by atoms with Crippen LogP contribution < -0.4 is 15.4 Å². The lowest BCUT2D eigenvalue weighted by atomic mass is 10.1. The summed E-state index contributed by atoms with van der Waals surface area (Å²) in [6.45, 7) is 3.98. The van der Waals surface area contributed by atoms with E-state index in [-0.39, 0.29) is 11.0 Å². The van der Waals surface area contributed by atoms with Gasteiger partial charge >= 0.3 is 0 Å². The molecule has 182 valence electrons. The number of thiocarbonyl (C=S) groups is 1. The van der Waals surface area contributed by atoms with E-state index in [1.807, 2.05) is 56.3 Å². The minimum absolute atomic E-state index is 0.179. The van der Waals surface area contributed by atoms with Crippen molar-refractivity contribution in [2.45, 2.75) is 20.3 Å². The van der Waals surface area contributed by atoms with Crippen molar-refractivity contribution < 1.29 is 9.53 Å². The third-order valence-corrected chi connectivity index (χ3v) is 7.66. The van der Waals surface area contributed by atoms with Crippen LogP contribution in [0.4, 0.5) is 5.69 Å². The summed E-state index contributed by atoms with van der Waals surface area (Å²) in [5, 5.41) is 21.8. The number of rotatable bonds is 5. The molecule has 5 rings (SSSR count). The molecule has 0 bridgehead atoms. The molecule has 0 spiro atoms. The minimum Gasteiger partial charge on any atom is -0.495 e. The van der Waals surface area contributed by atoms with Crippen LogP contribution >= 0.6 is 39.5 Å². The topological polar surface area (TPSA) is 93.4 Å². The summed E-state index contributed by atoms with van der Waals surface area (Å²) in [5.41, 5.74) is 3.03. The minimum atomic E-state index is -0.370. The second-order valence-corrected chi connectivity index (χ2v) is 10.2. The first-order valence-electron chi connectivity index (χ1n) is 11.1. The number of fused-ring (bicyclic) bond motifs is 2. The monoisotopic (exact) mass is 580 g/mol. The van der Waals surface area contributed by atoms with Crippen molar-refractivity contribution in [3.8, 4) is 16.3 Å². The van der Waals surface area contributed by atoms with Crippen LogP contribution in [0, 0.1) is 6.92 Å². The Labute approximate surface area is 224 Å². The van der Waals surface area contributed by atoms with Gasteiger partial charge in [0.2, 0.25) is 4.96 Å². The molecule has 0 radical (unpaired) electrons. The van der Waals surface area contributed by atoms with Gasteiger partial charge in [0.1, 0.15) is 10.8 Å². The molecule has 0 atom stereocenters. The van der Waals surface area contributed by atoms with Crippen molar-refractivity contribution in [2.75, 3.05) is 12.4 Å². The fraction of sp³-hybridized carbons (Fsp3) is 0.160. The molecule has 0 aliphatic heterocycles. The van der Waals surface area contributed by atoms with Crippen molar-refractivity contribution >= 4 is 71.9 Å². The molecule has 36 heavy (non-hydrogen) atoms. The van der Waals surface area contributed by atoms with E-state index in [0.29, 0.717) is 15.8 Å². The average Bonchev–Trinajstić information content (AvgIpc) is 3.46. The van der Waals surface area contributed by atoms with Gasteiger partial charge in [0.15, 0.2) is 10.9 Å². The van der Waals surface area contributed by atoms with E-state index in [4.69, 9.17) is 17.0 Å². The molecule has 5 aromatic rings. The summed E-state index contributed by atoms with van der Waals surface area (Å²) in [6.07, 6.45) is 0.748. The molecule has 2 aromatic heterocycles. The zero-order chi connectivity index (χ0) is 25.4. The lowest BCUT2D eigenvalue weighted by Crippen LogP contribution is -2.34. The molecule has 0 unspecified atom stereocenters. The highest BCUT2D eigenvalue weighted by Gasteiger charge is 2.19. The smallest absolute Gasteiger partial charge is 0.261 e. The number of aromatic nitrogens is 4. The van der Waals surface area contributed by atoms with Gasteiger partial charge in [-0.1, -0.05) is 54.7 Å². The summed E-state index contributed by atoms with van der Waals surface area (Å²) in [5.74, 6) is 0.893. The molecule has 0 aliphatic rings. The van der Waals surface area contributed by atoms with Gasteiger partial charge in [-0.2, -0.15) is 9.61 Å². The molecule has 3 aromatic carbocycles. The largest absolute Gasteiger partial charge is 0.495 e. The number of halogens is 1. The first-order chi connectivity index (χ1) is 17.4. The van der Waals surface area contributed by atoms with E-state index in [0.717, 1.165) is 49.8 Å². The number of carbonyl (C=O) groups is 1. The first-order valence-corrected chi connectivity index (χ1v) is 13.1. The number of amides is 1. The van der Waals surface area contributed by atoms with E-state index in [1.165, 1.54) is 18.4 Å². The SMILES string of the molecule is CCc1nnc2sc(-c3ccc(C)c(NC(=S)NC(=O)c4cc5ccccc5c(Br)c4OC)c3)nn12. The van der Waals surface area contributed by atoms with E-state index in [9.17, 15) is 4.79 Å². The Balaban J connectivity index is 1.38. The summed E-state index contributed by atoms with van der Waals surface area (Å²) >= 11 is 10.5. The number of anilines is 1. The van der Waals surface area contributed by atoms with Gasteiger partial charge < -0.3 is 10.1 Å². The Kier molecular flexibility index (Phi) is 6.69. The fourth-order valence-electron chi connectivity index (χ4n) is 3.86. The van der Waals surface area contributed by atoms with Crippen LogP contribution in [0.3, 0.4) is 0 Å². The quantitative estimate of drug-likeness (QED) is 0.255. The molecule has 1 amide bonds. The molecule has 8 nitrogen and oxygen atoms in total. The fourth-order valence-corrected chi connectivity index (χ4v) is 5.65. The van der Waals surface area contributed by atoms with E-state index < -0.39 is 0 Å². The zero-order valence-electron chi connectivity index (χ0n) is 19.6. The van der Waals surface area contributed by atoms with Crippen LogP contribution in [0.2, 0.25) is 0 Å². The molecular formula is C25H21BrN6O2S2. The number of hydrogen-bond donors (Lipinski definition) is 2. The Morgan fingerprint density at radius 2 is 2.00 bits per heavy atom. The van der Waals surface area contributed by atoms with E-state index in [1.54, 1.807) is 10.6 Å². The molecule has 0 saturated carbocycles. The maximum absolute atomic E-state index is 13.2. The second kappa shape index (κ2) is 9.92. The molecule has 11 heteroatoms. The highest BCUT2D eigenvalue weighted by atomic mass is 79.9. The lowest BCUT2D eigenvalue weighted by molar-refractivity contribution is 0.0975. The Hall–Kier alpha value is -3.41. The predicted molar refractivity (Wildman–Crippen MR) is 150 cm³/mol. The van der Waals surface area contributed by atoms with Gasteiger partial charge in [-0.05, 0) is 63.5 Å². The molecule has 0 saturated heterocycles. The van der Waals surface area contributed by atoms with Crippen LogP contribution in [0.1, 0.15) is 28.7 Å². The van der Waals surface area contributed by atoms with Gasteiger partial charge in [0.25, 0.3) is 5.91 Å². The maximum atomic E-state index is 13.2. The summed E-state index contributed by atoms with van der Waals surface area (Å²) in [6, 6.07) is 15.5. The number of hydrogen-bond acceptors (Lipinski definition) is 7. The molecule has 0 aliphatic carbocycles. The van der Waals surface area contributed by atoms with Crippen LogP contribution in [-0.4, -0.2) is 37.9 Å². The van der Waals surface area contributed by atoms with Gasteiger partial charge in [-0.25, -0.2) is 0 Å². The lowest BCUT2D eigenvalue weighted by Gasteiger charge is -2.15. The normalized spacial score (nSPS) is 11.1. The van der Waals surface area contributed by atoms with Crippen LogP contribution in [0.25, 0.3) is 26.3 Å². The van der Waals surface area contributed by atoms with Gasteiger partial charge in [-0.3, -0.25) is 10.1 Å². The van der Waals surface area contributed by atoms with Crippen molar-refractivity contribution in [2.24, 2.45) is 0 Å². The van der Waals surface area contributed by atoms with Gasteiger partial charge in [-0.15, -0.1) is 10.2 Å².